The van der Waals surface area contributed by atoms with E-state index in [2.05, 4.69) is 10.5 Å². The van der Waals surface area contributed by atoms with Crippen molar-refractivity contribution in [2.75, 3.05) is 19.7 Å². The number of hydrogen-bond donors (Lipinski definition) is 1. The van der Waals surface area contributed by atoms with E-state index in [0.717, 1.165) is 36.4 Å². The smallest absolute Gasteiger partial charge is 0.260 e. The maximum Gasteiger partial charge on any atom is 0.260 e. The van der Waals surface area contributed by atoms with Crippen LogP contribution in [0.5, 0.6) is 5.75 Å². The molecular formula is C24H29N3O3S. The van der Waals surface area contributed by atoms with Gasteiger partial charge in [-0.2, -0.15) is 5.10 Å². The van der Waals surface area contributed by atoms with Gasteiger partial charge in [-0.25, -0.2) is 5.43 Å². The lowest BCUT2D eigenvalue weighted by Gasteiger charge is -2.26. The highest BCUT2D eigenvalue weighted by Gasteiger charge is 2.16. The Labute approximate surface area is 188 Å². The van der Waals surface area contributed by atoms with Gasteiger partial charge >= 0.3 is 0 Å². The Kier molecular flexibility index (Phi) is 8.53. The zero-order valence-corrected chi connectivity index (χ0v) is 18.9. The molecule has 2 aromatic carbocycles. The lowest BCUT2D eigenvalue weighted by molar-refractivity contribution is -0.134. The van der Waals surface area contributed by atoms with E-state index in [0.29, 0.717) is 5.75 Å². The highest BCUT2D eigenvalue weighted by Crippen LogP contribution is 2.23. The summed E-state index contributed by atoms with van der Waals surface area (Å²) >= 11 is 1.49. The molecule has 164 valence electrons. The van der Waals surface area contributed by atoms with Crippen molar-refractivity contribution >= 4 is 29.8 Å². The number of piperidine rings is 1. The van der Waals surface area contributed by atoms with Crippen LogP contribution < -0.4 is 10.2 Å². The monoisotopic (exact) mass is 439 g/mol. The SMILES string of the molecule is Cc1ccc(S[C@@H](C)C(=O)N/N=C\c2ccc(OCC(=O)N3CCCCC3)cc2)cc1. The average molecular weight is 440 g/mol. The molecule has 0 aromatic heterocycles. The van der Waals surface area contributed by atoms with Crippen molar-refractivity contribution < 1.29 is 14.3 Å². The Balaban J connectivity index is 1.41. The summed E-state index contributed by atoms with van der Waals surface area (Å²) in [5.74, 6) is 0.512. The van der Waals surface area contributed by atoms with Gasteiger partial charge in [-0.15, -0.1) is 11.8 Å². The standard InChI is InChI=1S/C24H29N3O3S/c1-18-6-12-22(13-7-18)31-19(2)24(29)26-25-16-20-8-10-21(11-9-20)30-17-23(28)27-14-4-3-5-15-27/h6-13,16,19H,3-5,14-15,17H2,1-2H3,(H,26,29)/b25-16-/t19-/m0/s1. The van der Waals surface area contributed by atoms with Crippen molar-refractivity contribution in [1.29, 1.82) is 0 Å². The summed E-state index contributed by atoms with van der Waals surface area (Å²) in [5.41, 5.74) is 4.60. The van der Waals surface area contributed by atoms with E-state index in [9.17, 15) is 9.59 Å². The third-order valence-corrected chi connectivity index (χ3v) is 6.15. The van der Waals surface area contributed by atoms with Crippen molar-refractivity contribution in [3.8, 4) is 5.75 Å². The highest BCUT2D eigenvalue weighted by molar-refractivity contribution is 8.00. The van der Waals surface area contributed by atoms with E-state index < -0.39 is 0 Å². The minimum absolute atomic E-state index is 0.0330. The van der Waals surface area contributed by atoms with E-state index in [-0.39, 0.29) is 23.7 Å². The molecule has 1 heterocycles. The number of ether oxygens (including phenoxy) is 1. The maximum atomic E-state index is 12.2. The minimum Gasteiger partial charge on any atom is -0.484 e. The number of carbonyl (C=O) groups excluding carboxylic acids is 2. The number of nitrogens with zero attached hydrogens (tertiary/aromatic N) is 2. The largest absolute Gasteiger partial charge is 0.484 e. The van der Waals surface area contributed by atoms with Crippen molar-refractivity contribution in [3.05, 3.63) is 59.7 Å². The van der Waals surface area contributed by atoms with Crippen LogP contribution in [0.4, 0.5) is 0 Å². The molecule has 0 saturated carbocycles. The molecule has 1 N–H and O–H groups in total. The number of benzene rings is 2. The quantitative estimate of drug-likeness (QED) is 0.383. The van der Waals surface area contributed by atoms with Crippen LogP contribution in [0, 0.1) is 6.92 Å². The van der Waals surface area contributed by atoms with E-state index in [1.807, 2.05) is 55.1 Å². The predicted molar refractivity (Wildman–Crippen MR) is 125 cm³/mol. The van der Waals surface area contributed by atoms with Crippen LogP contribution in [0.2, 0.25) is 0 Å². The number of hydrogen-bond acceptors (Lipinski definition) is 5. The van der Waals surface area contributed by atoms with Crippen LogP contribution in [0.15, 0.2) is 58.5 Å². The average Bonchev–Trinajstić information content (AvgIpc) is 2.80. The number of likely N-dealkylation sites (tertiary alicyclic amines) is 1. The van der Waals surface area contributed by atoms with Crippen LogP contribution in [0.1, 0.15) is 37.3 Å². The van der Waals surface area contributed by atoms with E-state index in [1.165, 1.54) is 23.7 Å². The molecule has 2 aromatic rings. The fourth-order valence-corrected chi connectivity index (χ4v) is 4.03. The molecule has 1 aliphatic rings. The van der Waals surface area contributed by atoms with Gasteiger partial charge in [0.1, 0.15) is 5.75 Å². The molecule has 0 unspecified atom stereocenters. The van der Waals surface area contributed by atoms with Gasteiger partial charge in [-0.1, -0.05) is 17.7 Å². The summed E-state index contributed by atoms with van der Waals surface area (Å²) in [7, 11) is 0. The predicted octanol–water partition coefficient (Wildman–Crippen LogP) is 4.02. The summed E-state index contributed by atoms with van der Waals surface area (Å²) < 4.78 is 5.61. The van der Waals surface area contributed by atoms with Crippen molar-refractivity contribution in [2.45, 2.75) is 43.3 Å². The van der Waals surface area contributed by atoms with E-state index in [4.69, 9.17) is 4.74 Å². The second-order valence-corrected chi connectivity index (χ2v) is 9.02. The molecule has 1 saturated heterocycles. The Morgan fingerprint density at radius 3 is 2.45 bits per heavy atom. The fourth-order valence-electron chi connectivity index (χ4n) is 3.17. The van der Waals surface area contributed by atoms with Crippen molar-refractivity contribution in [2.24, 2.45) is 5.10 Å². The lowest BCUT2D eigenvalue weighted by atomic mass is 10.1. The summed E-state index contributed by atoms with van der Waals surface area (Å²) in [4.78, 5) is 27.3. The molecule has 31 heavy (non-hydrogen) atoms. The van der Waals surface area contributed by atoms with Gasteiger partial charge in [0.05, 0.1) is 11.5 Å². The van der Waals surface area contributed by atoms with Gasteiger partial charge in [0.15, 0.2) is 6.61 Å². The molecule has 7 heteroatoms. The van der Waals surface area contributed by atoms with Crippen LogP contribution in [0.3, 0.4) is 0 Å². The first-order chi connectivity index (χ1) is 15.0. The molecule has 0 aliphatic carbocycles. The number of amides is 2. The molecule has 1 atom stereocenters. The maximum absolute atomic E-state index is 12.2. The van der Waals surface area contributed by atoms with Crippen LogP contribution >= 0.6 is 11.8 Å². The Hall–Kier alpha value is -2.80. The summed E-state index contributed by atoms with van der Waals surface area (Å²) in [6.07, 6.45) is 4.92. The van der Waals surface area contributed by atoms with Crippen molar-refractivity contribution in [1.82, 2.24) is 10.3 Å². The van der Waals surface area contributed by atoms with Gasteiger partial charge in [0, 0.05) is 18.0 Å². The van der Waals surface area contributed by atoms with Crippen molar-refractivity contribution in [3.63, 3.8) is 0 Å². The number of hydrazone groups is 1. The highest BCUT2D eigenvalue weighted by atomic mass is 32.2. The summed E-state index contributed by atoms with van der Waals surface area (Å²) in [6.45, 7) is 5.59. The van der Waals surface area contributed by atoms with E-state index in [1.54, 1.807) is 18.3 Å². The molecule has 6 nitrogen and oxygen atoms in total. The number of carbonyl (C=O) groups is 2. The second-order valence-electron chi connectivity index (χ2n) is 7.61. The van der Waals surface area contributed by atoms with Crippen LogP contribution in [0.25, 0.3) is 0 Å². The second kappa shape index (κ2) is 11.6. The third kappa shape index (κ3) is 7.43. The molecule has 0 spiro atoms. The third-order valence-electron chi connectivity index (χ3n) is 5.04. The van der Waals surface area contributed by atoms with Gasteiger partial charge in [-0.05, 0) is 75.1 Å². The normalized spacial score (nSPS) is 15.0. The minimum atomic E-state index is -0.256. The molecule has 2 amide bonds. The number of nitrogens with one attached hydrogen (secondary N) is 1. The Morgan fingerprint density at radius 1 is 1.10 bits per heavy atom. The molecule has 0 radical (unpaired) electrons. The summed E-state index contributed by atoms with van der Waals surface area (Å²) in [6, 6.07) is 15.3. The molecule has 3 rings (SSSR count). The van der Waals surface area contributed by atoms with Crippen LogP contribution in [-0.2, 0) is 9.59 Å². The van der Waals surface area contributed by atoms with E-state index >= 15 is 0 Å². The number of thioether (sulfide) groups is 1. The molecule has 1 aliphatic heterocycles. The molecule has 0 bridgehead atoms. The lowest BCUT2D eigenvalue weighted by Crippen LogP contribution is -2.38. The van der Waals surface area contributed by atoms with Gasteiger partial charge in [0.2, 0.25) is 0 Å². The Morgan fingerprint density at radius 2 is 1.77 bits per heavy atom. The first-order valence-electron chi connectivity index (χ1n) is 10.6. The van der Waals surface area contributed by atoms with Crippen LogP contribution in [-0.4, -0.2) is 47.9 Å². The van der Waals surface area contributed by atoms with Gasteiger partial charge in [-0.3, -0.25) is 9.59 Å². The summed E-state index contributed by atoms with van der Waals surface area (Å²) in [5, 5.41) is 3.79. The fraction of sp³-hybridized carbons (Fsp3) is 0.375. The molecular weight excluding hydrogens is 410 g/mol. The first-order valence-corrected chi connectivity index (χ1v) is 11.5. The topological polar surface area (TPSA) is 71.0 Å². The van der Waals surface area contributed by atoms with Gasteiger partial charge in [0.25, 0.3) is 11.8 Å². The number of rotatable bonds is 8. The molecule has 1 fully saturated rings. The van der Waals surface area contributed by atoms with Gasteiger partial charge < -0.3 is 9.64 Å². The zero-order valence-electron chi connectivity index (χ0n) is 18.0. The number of aryl methyl sites for hydroxylation is 1. The Bertz CT molecular complexity index is 891. The zero-order chi connectivity index (χ0) is 22.1. The first kappa shape index (κ1) is 22.9.